The first-order valence-electron chi connectivity index (χ1n) is 8.39. The molecule has 2 aliphatic rings. The van der Waals surface area contributed by atoms with Crippen molar-refractivity contribution in [1.29, 1.82) is 0 Å². The number of fused-ring (bicyclic) bond motifs is 3. The van der Waals surface area contributed by atoms with Crippen molar-refractivity contribution in [3.8, 4) is 0 Å². The molecule has 1 heterocycles. The van der Waals surface area contributed by atoms with Crippen molar-refractivity contribution in [1.82, 2.24) is 0 Å². The van der Waals surface area contributed by atoms with E-state index in [0.29, 0.717) is 0 Å². The number of nitrogens with two attached hydrogens (primary N) is 1. The molecule has 0 spiro atoms. The van der Waals surface area contributed by atoms with Crippen LogP contribution in [0.4, 0.5) is 15.8 Å². The van der Waals surface area contributed by atoms with Crippen LogP contribution in [0.3, 0.4) is 0 Å². The second-order valence-corrected chi connectivity index (χ2v) is 7.40. The summed E-state index contributed by atoms with van der Waals surface area (Å²) in [4.78, 5) is 0. The summed E-state index contributed by atoms with van der Waals surface area (Å²) in [5.41, 5.74) is 9.99. The predicted molar refractivity (Wildman–Crippen MR) is 93.2 cm³/mol. The molecule has 2 aromatic rings. The highest BCUT2D eigenvalue weighted by Gasteiger charge is 2.58. The first-order chi connectivity index (χ1) is 11.0. The van der Waals surface area contributed by atoms with Crippen LogP contribution in [0, 0.1) is 5.82 Å². The van der Waals surface area contributed by atoms with E-state index in [9.17, 15) is 4.39 Å². The highest BCUT2D eigenvalue weighted by molar-refractivity contribution is 5.74. The van der Waals surface area contributed by atoms with E-state index >= 15 is 0 Å². The van der Waals surface area contributed by atoms with Gasteiger partial charge in [0.15, 0.2) is 0 Å². The third-order valence-corrected chi connectivity index (χ3v) is 6.34. The second-order valence-electron chi connectivity index (χ2n) is 7.40. The lowest BCUT2D eigenvalue weighted by Gasteiger charge is -2.51. The molecular weight excluding hydrogens is 287 g/mol. The van der Waals surface area contributed by atoms with E-state index in [1.807, 2.05) is 24.3 Å². The summed E-state index contributed by atoms with van der Waals surface area (Å²) < 4.78 is 14.5. The number of hydrogen-bond donors (Lipinski definition) is 2. The fraction of sp³-hybridized carbons (Fsp3) is 0.400. The van der Waals surface area contributed by atoms with Crippen LogP contribution < -0.4 is 11.1 Å². The van der Waals surface area contributed by atoms with Gasteiger partial charge >= 0.3 is 0 Å². The molecule has 3 N–H and O–H groups in total. The van der Waals surface area contributed by atoms with Gasteiger partial charge in [0.1, 0.15) is 5.82 Å². The molecule has 0 saturated heterocycles. The summed E-state index contributed by atoms with van der Waals surface area (Å²) >= 11 is 0. The number of nitrogens with one attached hydrogen (secondary N) is 1. The number of hydrogen-bond acceptors (Lipinski definition) is 2. The zero-order valence-electron chi connectivity index (χ0n) is 13.7. The Morgan fingerprint density at radius 2 is 1.91 bits per heavy atom. The average molecular weight is 310 g/mol. The number of anilines is 2. The summed E-state index contributed by atoms with van der Waals surface area (Å²) in [6, 6.07) is 13.3. The monoisotopic (exact) mass is 310 g/mol. The van der Waals surface area contributed by atoms with Gasteiger partial charge in [0.2, 0.25) is 0 Å². The van der Waals surface area contributed by atoms with Crippen LogP contribution in [0.2, 0.25) is 0 Å². The van der Waals surface area contributed by atoms with Gasteiger partial charge < -0.3 is 11.1 Å². The normalized spacial score (nSPS) is 32.0. The Hall–Kier alpha value is -2.03. The van der Waals surface area contributed by atoms with Crippen molar-refractivity contribution < 1.29 is 4.39 Å². The van der Waals surface area contributed by atoms with Crippen LogP contribution in [0.15, 0.2) is 42.5 Å². The Bertz CT molecular complexity index is 772. The molecule has 1 aliphatic carbocycles. The van der Waals surface area contributed by atoms with Gasteiger partial charge in [0.25, 0.3) is 0 Å². The summed E-state index contributed by atoms with van der Waals surface area (Å²) in [6.07, 6.45) is 3.15. The Balaban J connectivity index is 1.89. The van der Waals surface area contributed by atoms with Crippen LogP contribution in [-0.4, -0.2) is 5.54 Å². The second kappa shape index (κ2) is 4.73. The smallest absolute Gasteiger partial charge is 0.126 e. The summed E-state index contributed by atoms with van der Waals surface area (Å²) in [5, 5.41) is 3.72. The first-order valence-corrected chi connectivity index (χ1v) is 8.39. The molecule has 0 amide bonds. The molecule has 2 aromatic carbocycles. The van der Waals surface area contributed by atoms with Crippen molar-refractivity contribution >= 4 is 11.4 Å². The van der Waals surface area contributed by atoms with Crippen molar-refractivity contribution in [3.63, 3.8) is 0 Å². The number of nitrogen functional groups attached to an aromatic ring is 1. The molecule has 1 fully saturated rings. The van der Waals surface area contributed by atoms with Gasteiger partial charge in [-0.1, -0.05) is 37.6 Å². The minimum atomic E-state index is -0.231. The fourth-order valence-corrected chi connectivity index (χ4v) is 5.00. The highest BCUT2D eigenvalue weighted by Crippen LogP contribution is 2.60. The van der Waals surface area contributed by atoms with Crippen molar-refractivity contribution in [3.05, 3.63) is 59.4 Å². The van der Waals surface area contributed by atoms with Crippen LogP contribution >= 0.6 is 0 Å². The largest absolute Gasteiger partial charge is 0.398 e. The van der Waals surface area contributed by atoms with Crippen molar-refractivity contribution in [2.24, 2.45) is 0 Å². The minimum absolute atomic E-state index is 0.0844. The molecule has 3 atom stereocenters. The molecule has 120 valence electrons. The summed E-state index contributed by atoms with van der Waals surface area (Å²) in [7, 11) is 0. The molecule has 1 aliphatic heterocycles. The highest BCUT2D eigenvalue weighted by atomic mass is 19.1. The van der Waals surface area contributed by atoms with E-state index in [0.717, 1.165) is 36.2 Å². The Morgan fingerprint density at radius 3 is 2.70 bits per heavy atom. The average Bonchev–Trinajstić information content (AvgIpc) is 2.76. The van der Waals surface area contributed by atoms with Crippen LogP contribution in [0.5, 0.6) is 0 Å². The maximum atomic E-state index is 14.5. The zero-order chi connectivity index (χ0) is 16.2. The molecular formula is C20H23FN2. The van der Waals surface area contributed by atoms with Crippen LogP contribution in [-0.2, 0) is 5.41 Å². The van der Waals surface area contributed by atoms with Crippen molar-refractivity contribution in [2.75, 3.05) is 11.1 Å². The van der Waals surface area contributed by atoms with Gasteiger partial charge in [-0.25, -0.2) is 4.39 Å². The van der Waals surface area contributed by atoms with E-state index in [1.54, 1.807) is 12.1 Å². The first kappa shape index (κ1) is 14.6. The molecule has 3 heteroatoms. The fourth-order valence-electron chi connectivity index (χ4n) is 5.00. The third-order valence-electron chi connectivity index (χ3n) is 6.34. The molecule has 2 nitrogen and oxygen atoms in total. The van der Waals surface area contributed by atoms with Gasteiger partial charge in [0.05, 0.1) is 5.54 Å². The van der Waals surface area contributed by atoms with Gasteiger partial charge in [-0.3, -0.25) is 0 Å². The summed E-state index contributed by atoms with van der Waals surface area (Å²) in [6.45, 7) is 4.53. The summed E-state index contributed by atoms with van der Waals surface area (Å²) in [5.74, 6) is 0.0305. The van der Waals surface area contributed by atoms with Crippen LogP contribution in [0.1, 0.15) is 50.2 Å². The SMILES string of the molecule is CC12CCCC(c3ccccc3F)C1(C)Nc1cccc(N)c12. The molecule has 23 heavy (non-hydrogen) atoms. The molecule has 0 bridgehead atoms. The Labute approximate surface area is 136 Å². The lowest BCUT2D eigenvalue weighted by Crippen LogP contribution is -2.55. The molecule has 0 radical (unpaired) electrons. The maximum Gasteiger partial charge on any atom is 0.126 e. The number of benzene rings is 2. The van der Waals surface area contributed by atoms with E-state index in [-0.39, 0.29) is 22.7 Å². The van der Waals surface area contributed by atoms with E-state index in [2.05, 4.69) is 25.2 Å². The number of rotatable bonds is 1. The van der Waals surface area contributed by atoms with E-state index in [4.69, 9.17) is 5.73 Å². The molecule has 3 unspecified atom stereocenters. The van der Waals surface area contributed by atoms with E-state index < -0.39 is 0 Å². The molecule has 4 rings (SSSR count). The molecule has 1 saturated carbocycles. The number of halogens is 1. The Kier molecular flexibility index (Phi) is 2.99. The third kappa shape index (κ3) is 1.79. The maximum absolute atomic E-state index is 14.5. The topological polar surface area (TPSA) is 38.0 Å². The van der Waals surface area contributed by atoms with Gasteiger partial charge in [0, 0.05) is 28.3 Å². The standard InChI is InChI=1S/C20H23FN2/c1-19-12-6-8-14(13-7-3-4-9-15(13)21)20(19,2)23-17-11-5-10-16(22)18(17)19/h3-5,7,9-11,14,23H,6,8,12,22H2,1-2H3. The quantitative estimate of drug-likeness (QED) is 0.741. The van der Waals surface area contributed by atoms with Gasteiger partial charge in [-0.15, -0.1) is 0 Å². The predicted octanol–water partition coefficient (Wildman–Crippen LogP) is 4.82. The van der Waals surface area contributed by atoms with Gasteiger partial charge in [-0.2, -0.15) is 0 Å². The van der Waals surface area contributed by atoms with Crippen molar-refractivity contribution in [2.45, 2.75) is 50.0 Å². The van der Waals surface area contributed by atoms with E-state index in [1.165, 1.54) is 5.56 Å². The Morgan fingerprint density at radius 1 is 1.13 bits per heavy atom. The van der Waals surface area contributed by atoms with Gasteiger partial charge in [-0.05, 0) is 43.5 Å². The lowest BCUT2D eigenvalue weighted by molar-refractivity contribution is 0.180. The lowest BCUT2D eigenvalue weighted by atomic mass is 9.56. The minimum Gasteiger partial charge on any atom is -0.398 e. The molecule has 0 aromatic heterocycles. The zero-order valence-corrected chi connectivity index (χ0v) is 13.7. The van der Waals surface area contributed by atoms with Crippen LogP contribution in [0.25, 0.3) is 0 Å².